The van der Waals surface area contributed by atoms with Crippen LogP contribution < -0.4 is 15.3 Å². The van der Waals surface area contributed by atoms with Gasteiger partial charge < -0.3 is 18.8 Å². The van der Waals surface area contributed by atoms with E-state index in [0.717, 1.165) is 24.6 Å². The van der Waals surface area contributed by atoms with Gasteiger partial charge in [-0.25, -0.2) is 4.79 Å². The average molecular weight is 433 g/mol. The van der Waals surface area contributed by atoms with Crippen molar-refractivity contribution in [1.29, 1.82) is 0 Å². The van der Waals surface area contributed by atoms with Crippen LogP contribution in [0.1, 0.15) is 36.5 Å². The van der Waals surface area contributed by atoms with Crippen molar-refractivity contribution < 1.29 is 23.5 Å². The highest BCUT2D eigenvalue weighted by atomic mass is 16.5. The number of carbonyl (C=O) groups excluding carboxylic acids is 2. The zero-order valence-electron chi connectivity index (χ0n) is 17.8. The maximum Gasteiger partial charge on any atom is 0.336 e. The molecule has 0 fully saturated rings. The molecule has 3 aromatic rings. The summed E-state index contributed by atoms with van der Waals surface area (Å²) < 4.78 is 16.5. The minimum absolute atomic E-state index is 0.0240. The number of esters is 1. The number of hydrogen-bond acceptors (Lipinski definition) is 6. The zero-order chi connectivity index (χ0) is 22.2. The Hall–Kier alpha value is -3.61. The molecule has 2 heterocycles. The van der Waals surface area contributed by atoms with E-state index in [9.17, 15) is 14.4 Å². The van der Waals surface area contributed by atoms with Crippen LogP contribution in [0.5, 0.6) is 5.75 Å². The van der Waals surface area contributed by atoms with Gasteiger partial charge in [0.1, 0.15) is 17.9 Å². The lowest BCUT2D eigenvalue weighted by Gasteiger charge is -2.32. The molecule has 32 heavy (non-hydrogen) atoms. The molecule has 1 aliphatic heterocycles. The average Bonchev–Trinajstić information content (AvgIpc) is 3.23. The highest BCUT2D eigenvalue weighted by Gasteiger charge is 2.31. The number of rotatable bonds is 5. The fraction of sp³-hybridized carbons (Fsp3) is 0.320. The highest BCUT2D eigenvalue weighted by Crippen LogP contribution is 2.33. The van der Waals surface area contributed by atoms with Crippen molar-refractivity contribution in [2.75, 3.05) is 11.4 Å². The van der Waals surface area contributed by atoms with E-state index in [2.05, 4.69) is 0 Å². The molecule has 2 aromatic carbocycles. The van der Waals surface area contributed by atoms with Gasteiger partial charge in [-0.2, -0.15) is 0 Å². The number of fused-ring (bicyclic) bond motifs is 3. The molecule has 1 aliphatic carbocycles. The number of carbonyl (C=O) groups is 2. The molecular formula is C25H23NO6. The molecule has 0 saturated heterocycles. The molecule has 0 bridgehead atoms. The number of aryl methyl sites for hydroxylation is 2. The number of benzene rings is 2. The Labute approximate surface area is 184 Å². The van der Waals surface area contributed by atoms with Gasteiger partial charge in [-0.05, 0) is 61.6 Å². The largest absolute Gasteiger partial charge is 0.479 e. The molecular weight excluding hydrogens is 410 g/mol. The lowest BCUT2D eigenvalue weighted by Crippen LogP contribution is -2.45. The number of hydrogen-bond donors (Lipinski definition) is 0. The molecule has 164 valence electrons. The van der Waals surface area contributed by atoms with E-state index < -0.39 is 17.7 Å². The van der Waals surface area contributed by atoms with Crippen LogP contribution in [0.15, 0.2) is 51.7 Å². The van der Waals surface area contributed by atoms with Gasteiger partial charge in [-0.3, -0.25) is 9.59 Å². The van der Waals surface area contributed by atoms with Crippen molar-refractivity contribution in [3.05, 3.63) is 69.6 Å². The van der Waals surface area contributed by atoms with E-state index >= 15 is 0 Å². The minimum Gasteiger partial charge on any atom is -0.479 e. The standard InChI is InChI=1S/C25H23NO6/c1-15-25(29)26(20-7-2-3-8-21(20)31-15)10-9-23(27)30-14-18-13-24(28)32-22-12-17-6-4-5-16(17)11-19(18)22/h2-3,7-8,11-13,15H,4-6,9-10,14H2,1H3/t15-/m1/s1. The molecule has 1 atom stereocenters. The quantitative estimate of drug-likeness (QED) is 0.452. The first-order chi connectivity index (χ1) is 15.5. The van der Waals surface area contributed by atoms with Gasteiger partial charge in [-0.15, -0.1) is 0 Å². The molecule has 2 aliphatic rings. The van der Waals surface area contributed by atoms with Crippen molar-refractivity contribution in [1.82, 2.24) is 0 Å². The number of para-hydroxylation sites is 2. The lowest BCUT2D eigenvalue weighted by molar-refractivity contribution is -0.144. The summed E-state index contributed by atoms with van der Waals surface area (Å²) in [5.74, 6) is -0.0306. The number of anilines is 1. The van der Waals surface area contributed by atoms with Crippen molar-refractivity contribution in [2.24, 2.45) is 0 Å². The first-order valence-electron chi connectivity index (χ1n) is 10.8. The van der Waals surface area contributed by atoms with E-state index in [-0.39, 0.29) is 25.5 Å². The Bertz CT molecular complexity index is 1280. The van der Waals surface area contributed by atoms with Crippen LogP contribution in [0.25, 0.3) is 11.0 Å². The maximum absolute atomic E-state index is 12.6. The van der Waals surface area contributed by atoms with E-state index in [4.69, 9.17) is 13.9 Å². The first kappa shape index (κ1) is 20.3. The summed E-state index contributed by atoms with van der Waals surface area (Å²) in [7, 11) is 0. The predicted molar refractivity (Wildman–Crippen MR) is 118 cm³/mol. The van der Waals surface area contributed by atoms with E-state index in [1.807, 2.05) is 24.3 Å². The smallest absolute Gasteiger partial charge is 0.336 e. The number of ether oxygens (including phenoxy) is 2. The van der Waals surface area contributed by atoms with Crippen LogP contribution in [0.2, 0.25) is 0 Å². The highest BCUT2D eigenvalue weighted by molar-refractivity contribution is 6.00. The molecule has 0 spiro atoms. The fourth-order valence-corrected chi connectivity index (χ4v) is 4.44. The Morgan fingerprint density at radius 1 is 1.12 bits per heavy atom. The minimum atomic E-state index is -0.613. The first-order valence-corrected chi connectivity index (χ1v) is 10.8. The summed E-state index contributed by atoms with van der Waals surface area (Å²) in [5.41, 5.74) is 3.78. The van der Waals surface area contributed by atoms with Crippen LogP contribution in [0, 0.1) is 0 Å². The Balaban J connectivity index is 1.28. The van der Waals surface area contributed by atoms with Crippen LogP contribution in [-0.2, 0) is 33.8 Å². The van der Waals surface area contributed by atoms with Gasteiger partial charge in [0.25, 0.3) is 5.91 Å². The van der Waals surface area contributed by atoms with Crippen molar-refractivity contribution in [3.63, 3.8) is 0 Å². The second-order valence-electron chi connectivity index (χ2n) is 8.19. The monoisotopic (exact) mass is 433 g/mol. The molecule has 0 unspecified atom stereocenters. The molecule has 0 saturated carbocycles. The molecule has 0 radical (unpaired) electrons. The molecule has 1 aromatic heterocycles. The SMILES string of the molecule is C[C@H]1Oc2ccccc2N(CCC(=O)OCc2cc(=O)oc3cc4c(cc23)CCC4)C1=O. The Kier molecular flexibility index (Phi) is 5.17. The van der Waals surface area contributed by atoms with Gasteiger partial charge in [-0.1, -0.05) is 12.1 Å². The van der Waals surface area contributed by atoms with Gasteiger partial charge in [0.2, 0.25) is 0 Å². The van der Waals surface area contributed by atoms with Gasteiger partial charge in [0.15, 0.2) is 6.10 Å². The lowest BCUT2D eigenvalue weighted by atomic mass is 10.0. The van der Waals surface area contributed by atoms with Crippen LogP contribution in [0.4, 0.5) is 5.69 Å². The van der Waals surface area contributed by atoms with E-state index in [0.29, 0.717) is 22.6 Å². The molecule has 7 heteroatoms. The molecule has 5 rings (SSSR count). The van der Waals surface area contributed by atoms with Gasteiger partial charge in [0.05, 0.1) is 12.1 Å². The summed E-state index contributed by atoms with van der Waals surface area (Å²) >= 11 is 0. The van der Waals surface area contributed by atoms with Gasteiger partial charge >= 0.3 is 11.6 Å². The summed E-state index contributed by atoms with van der Waals surface area (Å²) in [4.78, 5) is 38.6. The van der Waals surface area contributed by atoms with Crippen LogP contribution in [0.3, 0.4) is 0 Å². The van der Waals surface area contributed by atoms with Crippen LogP contribution >= 0.6 is 0 Å². The molecule has 0 N–H and O–H groups in total. The topological polar surface area (TPSA) is 86.0 Å². The van der Waals surface area contributed by atoms with Crippen molar-refractivity contribution >= 4 is 28.5 Å². The zero-order valence-corrected chi connectivity index (χ0v) is 17.8. The number of nitrogens with zero attached hydrogens (tertiary/aromatic N) is 1. The summed E-state index contributed by atoms with van der Waals surface area (Å²) in [5, 5.41) is 0.796. The second kappa shape index (κ2) is 8.15. The summed E-state index contributed by atoms with van der Waals surface area (Å²) in [6.07, 6.45) is 2.48. The van der Waals surface area contributed by atoms with E-state index in [1.165, 1.54) is 17.2 Å². The van der Waals surface area contributed by atoms with E-state index in [1.54, 1.807) is 24.0 Å². The Morgan fingerprint density at radius 2 is 1.91 bits per heavy atom. The number of amides is 1. The van der Waals surface area contributed by atoms with Crippen molar-refractivity contribution in [3.8, 4) is 5.75 Å². The van der Waals surface area contributed by atoms with Crippen molar-refractivity contribution in [2.45, 2.75) is 45.3 Å². The third-order valence-electron chi connectivity index (χ3n) is 6.04. The Morgan fingerprint density at radius 3 is 2.75 bits per heavy atom. The predicted octanol–water partition coefficient (Wildman–Crippen LogP) is 3.53. The normalized spacial score (nSPS) is 17.1. The summed E-state index contributed by atoms with van der Waals surface area (Å²) in [6.45, 7) is 1.85. The third-order valence-corrected chi connectivity index (χ3v) is 6.04. The molecule has 1 amide bonds. The van der Waals surface area contributed by atoms with Gasteiger partial charge in [0, 0.05) is 23.6 Å². The second-order valence-corrected chi connectivity index (χ2v) is 8.19. The maximum atomic E-state index is 12.6. The third kappa shape index (κ3) is 3.75. The van der Waals surface area contributed by atoms with Crippen LogP contribution in [-0.4, -0.2) is 24.5 Å². The fourth-order valence-electron chi connectivity index (χ4n) is 4.44. The molecule has 7 nitrogen and oxygen atoms in total. The summed E-state index contributed by atoms with van der Waals surface area (Å²) in [6, 6.07) is 12.6.